The van der Waals surface area contributed by atoms with E-state index in [9.17, 15) is 13.2 Å². The van der Waals surface area contributed by atoms with Gasteiger partial charge in [-0.05, 0) is 33.6 Å². The van der Waals surface area contributed by atoms with E-state index in [0.29, 0.717) is 18.4 Å². The second kappa shape index (κ2) is 5.87. The van der Waals surface area contributed by atoms with E-state index in [2.05, 4.69) is 10.4 Å². The molecule has 120 valence electrons. The molecule has 4 nitrogen and oxygen atoms in total. The maximum atomic E-state index is 12.9. The van der Waals surface area contributed by atoms with Crippen molar-refractivity contribution in [3.63, 3.8) is 0 Å². The lowest BCUT2D eigenvalue weighted by Crippen LogP contribution is -2.41. The first-order valence-corrected chi connectivity index (χ1v) is 7.28. The third-order valence-corrected chi connectivity index (χ3v) is 3.70. The molecule has 0 spiro atoms. The second-order valence-electron chi connectivity index (χ2n) is 6.00. The quantitative estimate of drug-likeness (QED) is 0.877. The van der Waals surface area contributed by atoms with Crippen LogP contribution in [0.15, 0.2) is 0 Å². The Morgan fingerprint density at radius 3 is 2.48 bits per heavy atom. The lowest BCUT2D eigenvalue weighted by atomic mass is 10.2. The summed E-state index contributed by atoms with van der Waals surface area (Å²) >= 11 is 0. The highest BCUT2D eigenvalue weighted by Crippen LogP contribution is 2.29. The molecule has 1 aliphatic carbocycles. The van der Waals surface area contributed by atoms with Gasteiger partial charge in [0.05, 0.1) is 5.69 Å². The van der Waals surface area contributed by atoms with E-state index in [4.69, 9.17) is 0 Å². The minimum atomic E-state index is -4.23. The Balaban J connectivity index is 2.28. The van der Waals surface area contributed by atoms with Crippen LogP contribution in [0.5, 0.6) is 0 Å². The van der Waals surface area contributed by atoms with Crippen LogP contribution in [0.4, 0.5) is 19.0 Å². The molecule has 1 aliphatic rings. The van der Waals surface area contributed by atoms with Crippen molar-refractivity contribution in [3.8, 4) is 0 Å². The lowest BCUT2D eigenvalue weighted by molar-refractivity contribution is -0.120. The van der Waals surface area contributed by atoms with Gasteiger partial charge in [0, 0.05) is 31.2 Å². The summed E-state index contributed by atoms with van der Waals surface area (Å²) in [7, 11) is 1.70. The Labute approximate surface area is 123 Å². The van der Waals surface area contributed by atoms with Crippen molar-refractivity contribution in [2.45, 2.75) is 58.4 Å². The van der Waals surface area contributed by atoms with Crippen molar-refractivity contribution in [2.24, 2.45) is 7.05 Å². The molecule has 0 aromatic carbocycles. The Morgan fingerprint density at radius 1 is 1.38 bits per heavy atom. The van der Waals surface area contributed by atoms with Gasteiger partial charge in [-0.25, -0.2) is 0 Å². The Hall–Kier alpha value is -1.24. The molecule has 0 unspecified atom stereocenters. The molecule has 21 heavy (non-hydrogen) atoms. The monoisotopic (exact) mass is 304 g/mol. The molecule has 7 heteroatoms. The van der Waals surface area contributed by atoms with E-state index in [0.717, 1.165) is 24.1 Å². The van der Waals surface area contributed by atoms with E-state index in [1.54, 1.807) is 25.6 Å². The molecule has 0 aliphatic heterocycles. The maximum Gasteiger partial charge on any atom is 0.405 e. The molecule has 0 saturated heterocycles. The van der Waals surface area contributed by atoms with Crippen LogP contribution < -0.4 is 10.2 Å². The average molecular weight is 304 g/mol. The van der Waals surface area contributed by atoms with Gasteiger partial charge in [-0.2, -0.15) is 18.3 Å². The van der Waals surface area contributed by atoms with Gasteiger partial charge in [0.25, 0.3) is 0 Å². The molecule has 0 amide bonds. The first-order valence-electron chi connectivity index (χ1n) is 7.28. The first kappa shape index (κ1) is 16.1. The zero-order chi connectivity index (χ0) is 15.8. The molecule has 1 saturated carbocycles. The molecule has 0 bridgehead atoms. The molecule has 1 fully saturated rings. The first-order chi connectivity index (χ1) is 9.69. The molecule has 0 radical (unpaired) electrons. The molecular weight excluding hydrogens is 281 g/mol. The van der Waals surface area contributed by atoms with Crippen LogP contribution in [-0.4, -0.2) is 34.6 Å². The predicted molar refractivity (Wildman–Crippen MR) is 76.3 cm³/mol. The molecule has 1 N–H and O–H groups in total. The molecule has 2 rings (SSSR count). The third-order valence-electron chi connectivity index (χ3n) is 3.70. The smallest absolute Gasteiger partial charge is 0.345 e. The van der Waals surface area contributed by atoms with Crippen molar-refractivity contribution >= 4 is 5.82 Å². The number of anilines is 1. The number of aryl methyl sites for hydroxylation is 2. The highest BCUT2D eigenvalue weighted by Gasteiger charge is 2.34. The van der Waals surface area contributed by atoms with Crippen molar-refractivity contribution < 1.29 is 13.2 Å². The van der Waals surface area contributed by atoms with E-state index in [-0.39, 0.29) is 6.04 Å². The van der Waals surface area contributed by atoms with Gasteiger partial charge in [-0.1, -0.05) is 0 Å². The fourth-order valence-electron chi connectivity index (χ4n) is 2.49. The number of hydrogen-bond donors (Lipinski definition) is 1. The number of aromatic nitrogens is 2. The number of nitrogens with one attached hydrogen (secondary N) is 1. The standard InChI is InChI=1S/C14H23F3N4/c1-9(2)21(8-14(15,16)17)13-12(7-18-11-5-6-11)10(3)19-20(13)4/h9,11,18H,5-8H2,1-4H3. The van der Waals surface area contributed by atoms with Gasteiger partial charge < -0.3 is 10.2 Å². The van der Waals surface area contributed by atoms with Crippen LogP contribution in [0.25, 0.3) is 0 Å². The molecule has 1 aromatic rings. The van der Waals surface area contributed by atoms with E-state index < -0.39 is 12.7 Å². The number of rotatable bonds is 6. The molecule has 0 atom stereocenters. The van der Waals surface area contributed by atoms with Crippen LogP contribution in [0.2, 0.25) is 0 Å². The fourth-order valence-corrected chi connectivity index (χ4v) is 2.49. The van der Waals surface area contributed by atoms with Crippen LogP contribution in [0.1, 0.15) is 37.9 Å². The summed E-state index contributed by atoms with van der Waals surface area (Å²) in [6.45, 7) is 5.00. The summed E-state index contributed by atoms with van der Waals surface area (Å²) in [6.07, 6.45) is -1.94. The van der Waals surface area contributed by atoms with Gasteiger partial charge in [-0.3, -0.25) is 4.68 Å². The predicted octanol–water partition coefficient (Wildman–Crippen LogP) is 2.76. The number of hydrogen-bond acceptors (Lipinski definition) is 3. The van der Waals surface area contributed by atoms with Gasteiger partial charge in [-0.15, -0.1) is 0 Å². The zero-order valence-corrected chi connectivity index (χ0v) is 13.0. The van der Waals surface area contributed by atoms with Crippen LogP contribution in [0, 0.1) is 6.92 Å². The molecule has 1 aromatic heterocycles. The Bertz CT molecular complexity index is 489. The summed E-state index contributed by atoms with van der Waals surface area (Å²) in [4.78, 5) is 1.38. The van der Waals surface area contributed by atoms with Crippen LogP contribution in [0.3, 0.4) is 0 Å². The van der Waals surface area contributed by atoms with Gasteiger partial charge in [0.15, 0.2) is 0 Å². The lowest BCUT2D eigenvalue weighted by Gasteiger charge is -2.30. The SMILES string of the molecule is Cc1nn(C)c(N(CC(F)(F)F)C(C)C)c1CNC1CC1. The molecule has 1 heterocycles. The van der Waals surface area contributed by atoms with Crippen molar-refractivity contribution in [1.82, 2.24) is 15.1 Å². The topological polar surface area (TPSA) is 33.1 Å². The van der Waals surface area contributed by atoms with Crippen molar-refractivity contribution in [1.29, 1.82) is 0 Å². The summed E-state index contributed by atoms with van der Waals surface area (Å²) in [6, 6.07) is 0.258. The minimum Gasteiger partial charge on any atom is -0.345 e. The molecular formula is C14H23F3N4. The summed E-state index contributed by atoms with van der Waals surface area (Å²) in [5.41, 5.74) is 1.65. The van der Waals surface area contributed by atoms with Crippen LogP contribution in [-0.2, 0) is 13.6 Å². The third kappa shape index (κ3) is 4.12. The summed E-state index contributed by atoms with van der Waals surface area (Å²) in [5, 5.41) is 7.67. The second-order valence-corrected chi connectivity index (χ2v) is 6.00. The largest absolute Gasteiger partial charge is 0.405 e. The van der Waals surface area contributed by atoms with Crippen LogP contribution >= 0.6 is 0 Å². The van der Waals surface area contributed by atoms with Crippen molar-refractivity contribution in [2.75, 3.05) is 11.4 Å². The number of nitrogens with zero attached hydrogens (tertiary/aromatic N) is 3. The van der Waals surface area contributed by atoms with Gasteiger partial charge in [0.1, 0.15) is 12.4 Å². The highest BCUT2D eigenvalue weighted by atomic mass is 19.4. The van der Waals surface area contributed by atoms with Gasteiger partial charge in [0.2, 0.25) is 0 Å². The van der Waals surface area contributed by atoms with E-state index in [1.807, 2.05) is 6.92 Å². The summed E-state index contributed by atoms with van der Waals surface area (Å²) in [5.74, 6) is 0.563. The van der Waals surface area contributed by atoms with Gasteiger partial charge >= 0.3 is 6.18 Å². The normalized spacial score (nSPS) is 15.8. The average Bonchev–Trinajstić information content (AvgIpc) is 3.09. The fraction of sp³-hybridized carbons (Fsp3) is 0.786. The minimum absolute atomic E-state index is 0.249. The maximum absolute atomic E-state index is 12.9. The highest BCUT2D eigenvalue weighted by molar-refractivity contribution is 5.51. The number of halogens is 3. The summed E-state index contributed by atoms with van der Waals surface area (Å²) < 4.78 is 40.1. The number of alkyl halides is 3. The Kier molecular flexibility index (Phi) is 4.51. The zero-order valence-electron chi connectivity index (χ0n) is 13.0. The van der Waals surface area contributed by atoms with Crippen molar-refractivity contribution in [3.05, 3.63) is 11.3 Å². The Morgan fingerprint density at radius 2 is 2.00 bits per heavy atom. The van der Waals surface area contributed by atoms with E-state index in [1.165, 1.54) is 4.90 Å². The van der Waals surface area contributed by atoms with E-state index >= 15 is 0 Å².